The van der Waals surface area contributed by atoms with Gasteiger partial charge in [0, 0.05) is 25.9 Å². The molecule has 10 nitrogen and oxygen atoms in total. The average molecular weight is 443 g/mol. The Morgan fingerprint density at radius 2 is 1.50 bits per heavy atom. The molecule has 0 radical (unpaired) electrons. The van der Waals surface area contributed by atoms with E-state index in [9.17, 15) is 24.0 Å². The zero-order valence-corrected chi connectivity index (χ0v) is 17.6. The lowest BCUT2D eigenvalue weighted by atomic mass is 10.1. The standard InChI is InChI=1S/C22H25N3O7/c26-18-10-11-19(27)25(18)32-21(29)17-9-5-12-23(17)20(28)16-8-4-13-24(16)22(30)31-14-15-6-2-1-3-7-15/h1-3,6-7,16-17H,4-5,8-14H2. The number of ether oxygens (including phenoxy) is 1. The third-order valence-corrected chi connectivity index (χ3v) is 5.97. The Morgan fingerprint density at radius 3 is 2.19 bits per heavy atom. The normalized spacial score (nSPS) is 23.1. The van der Waals surface area contributed by atoms with Gasteiger partial charge in [-0.05, 0) is 31.2 Å². The van der Waals surface area contributed by atoms with Crippen molar-refractivity contribution < 1.29 is 33.5 Å². The topological polar surface area (TPSA) is 114 Å². The summed E-state index contributed by atoms with van der Waals surface area (Å²) in [5.41, 5.74) is 0.844. The number of hydrogen-bond donors (Lipinski definition) is 0. The van der Waals surface area contributed by atoms with Crippen LogP contribution in [0.15, 0.2) is 30.3 Å². The number of amides is 4. The number of carbonyl (C=O) groups excluding carboxylic acids is 5. The van der Waals surface area contributed by atoms with Gasteiger partial charge in [0.1, 0.15) is 18.7 Å². The van der Waals surface area contributed by atoms with E-state index in [0.29, 0.717) is 43.8 Å². The van der Waals surface area contributed by atoms with Gasteiger partial charge in [-0.2, -0.15) is 0 Å². The Balaban J connectivity index is 1.38. The smallest absolute Gasteiger partial charge is 0.410 e. The van der Waals surface area contributed by atoms with E-state index in [-0.39, 0.29) is 25.4 Å². The first-order chi connectivity index (χ1) is 15.5. The summed E-state index contributed by atoms with van der Waals surface area (Å²) in [4.78, 5) is 69.8. The van der Waals surface area contributed by atoms with Gasteiger partial charge >= 0.3 is 12.1 Å². The summed E-state index contributed by atoms with van der Waals surface area (Å²) in [6.07, 6.45) is 1.50. The molecule has 1 aromatic carbocycles. The molecule has 1 aromatic rings. The number of nitrogens with zero attached hydrogens (tertiary/aromatic N) is 3. The van der Waals surface area contributed by atoms with Gasteiger partial charge in [0.2, 0.25) is 5.91 Å². The number of likely N-dealkylation sites (tertiary alicyclic amines) is 2. The number of benzene rings is 1. The maximum atomic E-state index is 13.2. The largest absolute Gasteiger partial charge is 0.445 e. The second-order valence-corrected chi connectivity index (χ2v) is 8.07. The van der Waals surface area contributed by atoms with E-state index in [2.05, 4.69) is 0 Å². The van der Waals surface area contributed by atoms with Crippen molar-refractivity contribution in [1.29, 1.82) is 0 Å². The summed E-state index contributed by atoms with van der Waals surface area (Å²) in [6, 6.07) is 7.63. The lowest BCUT2D eigenvalue weighted by Gasteiger charge is -2.30. The minimum atomic E-state index is -0.897. The molecule has 170 valence electrons. The first-order valence-electron chi connectivity index (χ1n) is 10.8. The van der Waals surface area contributed by atoms with Crippen LogP contribution in [0.3, 0.4) is 0 Å². The van der Waals surface area contributed by atoms with Crippen molar-refractivity contribution >= 4 is 29.8 Å². The fraction of sp³-hybridized carbons (Fsp3) is 0.500. The predicted octanol–water partition coefficient (Wildman–Crippen LogP) is 1.39. The van der Waals surface area contributed by atoms with Crippen LogP contribution in [0.5, 0.6) is 0 Å². The number of rotatable bonds is 5. The molecule has 2 atom stereocenters. The molecule has 32 heavy (non-hydrogen) atoms. The number of hydroxylamine groups is 2. The molecule has 0 aliphatic carbocycles. The zero-order chi connectivity index (χ0) is 22.7. The van der Waals surface area contributed by atoms with E-state index in [1.54, 1.807) is 0 Å². The minimum Gasteiger partial charge on any atom is -0.445 e. The summed E-state index contributed by atoms with van der Waals surface area (Å²) in [5, 5.41) is 0.492. The van der Waals surface area contributed by atoms with Crippen LogP contribution in [0.4, 0.5) is 4.79 Å². The van der Waals surface area contributed by atoms with Gasteiger partial charge < -0.3 is 14.5 Å². The van der Waals surface area contributed by atoms with Gasteiger partial charge in [-0.25, -0.2) is 9.59 Å². The fourth-order valence-corrected chi connectivity index (χ4v) is 4.32. The van der Waals surface area contributed by atoms with Gasteiger partial charge in [0.15, 0.2) is 0 Å². The van der Waals surface area contributed by atoms with Crippen LogP contribution in [0.25, 0.3) is 0 Å². The molecule has 0 aromatic heterocycles. The molecular formula is C22H25N3O7. The average Bonchev–Trinajstić information content (AvgIpc) is 3.54. The molecule has 0 N–H and O–H groups in total. The van der Waals surface area contributed by atoms with Crippen molar-refractivity contribution in [3.8, 4) is 0 Å². The Bertz CT molecular complexity index is 903. The molecule has 0 spiro atoms. The molecule has 4 amide bonds. The molecule has 10 heteroatoms. The second-order valence-electron chi connectivity index (χ2n) is 8.07. The predicted molar refractivity (Wildman–Crippen MR) is 108 cm³/mol. The SMILES string of the molecule is O=C(ON1C(=O)CCC1=O)C1CCCN1C(=O)C1CCCN1C(=O)OCc1ccccc1. The van der Waals surface area contributed by atoms with Gasteiger partial charge in [-0.15, -0.1) is 5.06 Å². The lowest BCUT2D eigenvalue weighted by molar-refractivity contribution is -0.201. The first kappa shape index (κ1) is 21.8. The second kappa shape index (κ2) is 9.37. The number of imide groups is 1. The molecule has 3 aliphatic heterocycles. The van der Waals surface area contributed by atoms with Crippen molar-refractivity contribution in [2.75, 3.05) is 13.1 Å². The van der Waals surface area contributed by atoms with Crippen LogP contribution >= 0.6 is 0 Å². The van der Waals surface area contributed by atoms with Crippen molar-refractivity contribution in [1.82, 2.24) is 14.9 Å². The molecule has 0 saturated carbocycles. The first-order valence-corrected chi connectivity index (χ1v) is 10.8. The van der Waals surface area contributed by atoms with E-state index in [4.69, 9.17) is 9.57 Å². The van der Waals surface area contributed by atoms with Crippen LogP contribution in [0.1, 0.15) is 44.1 Å². The zero-order valence-electron chi connectivity index (χ0n) is 17.6. The minimum absolute atomic E-state index is 0.00154. The van der Waals surface area contributed by atoms with Crippen molar-refractivity contribution in [2.24, 2.45) is 0 Å². The maximum absolute atomic E-state index is 13.2. The van der Waals surface area contributed by atoms with Crippen LogP contribution in [-0.2, 0) is 35.4 Å². The molecule has 3 saturated heterocycles. The summed E-state index contributed by atoms with van der Waals surface area (Å²) in [7, 11) is 0. The van der Waals surface area contributed by atoms with Crippen molar-refractivity contribution in [2.45, 2.75) is 57.2 Å². The Labute approximate surface area is 185 Å². The van der Waals surface area contributed by atoms with Crippen molar-refractivity contribution in [3.63, 3.8) is 0 Å². The van der Waals surface area contributed by atoms with Gasteiger partial charge in [0.05, 0.1) is 0 Å². The molecule has 0 bridgehead atoms. The molecule has 3 fully saturated rings. The van der Waals surface area contributed by atoms with E-state index >= 15 is 0 Å². The number of carbonyl (C=O) groups is 5. The summed E-state index contributed by atoms with van der Waals surface area (Å²) in [5.74, 6) is -2.29. The highest BCUT2D eigenvalue weighted by Crippen LogP contribution is 2.27. The van der Waals surface area contributed by atoms with Gasteiger partial charge in [-0.1, -0.05) is 30.3 Å². The summed E-state index contributed by atoms with van der Waals surface area (Å²) < 4.78 is 5.38. The third-order valence-electron chi connectivity index (χ3n) is 5.97. The Morgan fingerprint density at radius 1 is 0.875 bits per heavy atom. The van der Waals surface area contributed by atoms with E-state index < -0.39 is 36.0 Å². The van der Waals surface area contributed by atoms with E-state index in [1.165, 1.54) is 9.80 Å². The highest BCUT2D eigenvalue weighted by atomic mass is 16.7. The molecule has 3 heterocycles. The van der Waals surface area contributed by atoms with E-state index in [0.717, 1.165) is 5.56 Å². The molecule has 3 aliphatic rings. The third kappa shape index (κ3) is 4.44. The van der Waals surface area contributed by atoms with Crippen LogP contribution in [0.2, 0.25) is 0 Å². The Kier molecular flexibility index (Phi) is 6.38. The van der Waals surface area contributed by atoms with Crippen LogP contribution in [0, 0.1) is 0 Å². The summed E-state index contributed by atoms with van der Waals surface area (Å²) >= 11 is 0. The maximum Gasteiger partial charge on any atom is 0.410 e. The molecule has 2 unspecified atom stereocenters. The quantitative estimate of drug-likeness (QED) is 0.632. The van der Waals surface area contributed by atoms with Gasteiger partial charge in [0.25, 0.3) is 11.8 Å². The highest BCUT2D eigenvalue weighted by Gasteiger charge is 2.44. The molecular weight excluding hydrogens is 418 g/mol. The van der Waals surface area contributed by atoms with Crippen LogP contribution in [-0.4, -0.2) is 69.8 Å². The highest BCUT2D eigenvalue weighted by molar-refractivity contribution is 6.02. The fourth-order valence-electron chi connectivity index (χ4n) is 4.32. The van der Waals surface area contributed by atoms with Crippen LogP contribution < -0.4 is 0 Å². The number of hydrogen-bond acceptors (Lipinski definition) is 7. The Hall–Kier alpha value is -3.43. The van der Waals surface area contributed by atoms with E-state index in [1.807, 2.05) is 30.3 Å². The summed E-state index contributed by atoms with van der Waals surface area (Å²) in [6.45, 7) is 0.835. The monoisotopic (exact) mass is 443 g/mol. The lowest BCUT2D eigenvalue weighted by Crippen LogP contribution is -2.52. The van der Waals surface area contributed by atoms with Crippen molar-refractivity contribution in [3.05, 3.63) is 35.9 Å². The van der Waals surface area contributed by atoms with Gasteiger partial charge in [-0.3, -0.25) is 19.3 Å². The molecule has 4 rings (SSSR count).